The Labute approximate surface area is 168 Å². The van der Waals surface area contributed by atoms with Crippen molar-refractivity contribution >= 4 is 17.6 Å². The molecule has 0 saturated carbocycles. The van der Waals surface area contributed by atoms with Gasteiger partial charge in [-0.2, -0.15) is 0 Å². The first-order chi connectivity index (χ1) is 13.2. The highest BCUT2D eigenvalue weighted by atomic mass is 16.5. The molecule has 0 atom stereocenters. The molecule has 0 spiro atoms. The minimum Gasteiger partial charge on any atom is -0.493 e. The second-order valence-corrected chi connectivity index (χ2v) is 7.90. The van der Waals surface area contributed by atoms with Gasteiger partial charge in [0.2, 0.25) is 0 Å². The highest BCUT2D eigenvalue weighted by Gasteiger charge is 2.39. The van der Waals surface area contributed by atoms with Gasteiger partial charge in [-0.05, 0) is 49.3 Å². The van der Waals surface area contributed by atoms with Crippen LogP contribution in [-0.4, -0.2) is 38.3 Å². The van der Waals surface area contributed by atoms with Gasteiger partial charge in [0.05, 0.1) is 13.7 Å². The molecule has 0 aliphatic heterocycles. The average Bonchev–Trinajstić information content (AvgIpc) is 2.64. The maximum absolute atomic E-state index is 13.2. The normalized spacial score (nSPS) is 11.6. The first-order valence-corrected chi connectivity index (χ1v) is 9.90. The Hall–Kier alpha value is -2.08. The van der Waals surface area contributed by atoms with Gasteiger partial charge >= 0.3 is 5.97 Å². The van der Waals surface area contributed by atoms with Gasteiger partial charge in [-0.25, -0.2) is 4.79 Å². The fourth-order valence-electron chi connectivity index (χ4n) is 3.31. The standard InChI is InChI=1S/C22H35NO5/c1-8-11-28-19-10-9-17(12-18(19)20(24)26-6)23-21(25)22(27-7,13-15(2)3)14-16(4)5/h9-10,12,15-16H,8,11,13-14H2,1-7H3,(H,23,25). The number of carbonyl (C=O) groups excluding carboxylic acids is 2. The Bertz CT molecular complexity index is 644. The van der Waals surface area contributed by atoms with E-state index in [1.807, 2.05) is 6.92 Å². The number of carbonyl (C=O) groups is 2. The van der Waals surface area contributed by atoms with Crippen molar-refractivity contribution in [1.82, 2.24) is 0 Å². The molecule has 6 nitrogen and oxygen atoms in total. The van der Waals surface area contributed by atoms with Crippen LogP contribution in [0.2, 0.25) is 0 Å². The molecule has 1 amide bonds. The minimum atomic E-state index is -0.925. The quantitative estimate of drug-likeness (QED) is 0.553. The molecular formula is C22H35NO5. The Kier molecular flexibility index (Phi) is 9.46. The van der Waals surface area contributed by atoms with Crippen molar-refractivity contribution < 1.29 is 23.8 Å². The third-order valence-electron chi connectivity index (χ3n) is 4.38. The smallest absolute Gasteiger partial charge is 0.341 e. The molecule has 0 aliphatic carbocycles. The number of esters is 1. The number of nitrogens with one attached hydrogen (secondary N) is 1. The molecule has 0 radical (unpaired) electrons. The Morgan fingerprint density at radius 2 is 1.68 bits per heavy atom. The van der Waals surface area contributed by atoms with Crippen LogP contribution in [0.1, 0.15) is 64.2 Å². The number of rotatable bonds is 11. The van der Waals surface area contributed by atoms with Gasteiger partial charge in [0, 0.05) is 12.8 Å². The highest BCUT2D eigenvalue weighted by Crippen LogP contribution is 2.31. The summed E-state index contributed by atoms with van der Waals surface area (Å²) >= 11 is 0. The fourth-order valence-corrected chi connectivity index (χ4v) is 3.31. The van der Waals surface area contributed by atoms with Gasteiger partial charge in [-0.15, -0.1) is 0 Å². The van der Waals surface area contributed by atoms with Crippen molar-refractivity contribution in [3.63, 3.8) is 0 Å². The molecule has 0 saturated heterocycles. The largest absolute Gasteiger partial charge is 0.493 e. The third-order valence-corrected chi connectivity index (χ3v) is 4.38. The van der Waals surface area contributed by atoms with E-state index in [2.05, 4.69) is 33.0 Å². The van der Waals surface area contributed by atoms with E-state index >= 15 is 0 Å². The maximum Gasteiger partial charge on any atom is 0.341 e. The van der Waals surface area contributed by atoms with E-state index in [9.17, 15) is 9.59 Å². The summed E-state index contributed by atoms with van der Waals surface area (Å²) < 4.78 is 16.2. The first kappa shape index (κ1) is 24.0. The third kappa shape index (κ3) is 6.51. The SMILES string of the molecule is CCCOc1ccc(NC(=O)C(CC(C)C)(CC(C)C)OC)cc1C(=O)OC. The summed E-state index contributed by atoms with van der Waals surface area (Å²) in [4.78, 5) is 25.3. The lowest BCUT2D eigenvalue weighted by molar-refractivity contribution is -0.142. The van der Waals surface area contributed by atoms with Crippen LogP contribution in [0, 0.1) is 11.8 Å². The lowest BCUT2D eigenvalue weighted by Gasteiger charge is -2.34. The summed E-state index contributed by atoms with van der Waals surface area (Å²) in [5.41, 5.74) is -0.141. The number of ether oxygens (including phenoxy) is 3. The molecule has 0 heterocycles. The van der Waals surface area contributed by atoms with Crippen LogP contribution in [0.3, 0.4) is 0 Å². The Morgan fingerprint density at radius 3 is 2.14 bits per heavy atom. The van der Waals surface area contributed by atoms with E-state index in [0.29, 0.717) is 42.7 Å². The molecule has 6 heteroatoms. The van der Waals surface area contributed by atoms with E-state index in [1.165, 1.54) is 7.11 Å². The summed E-state index contributed by atoms with van der Waals surface area (Å²) in [6, 6.07) is 4.98. The van der Waals surface area contributed by atoms with Crippen LogP contribution < -0.4 is 10.1 Å². The predicted molar refractivity (Wildman–Crippen MR) is 111 cm³/mol. The second kappa shape index (κ2) is 11.1. The second-order valence-electron chi connectivity index (χ2n) is 7.90. The molecular weight excluding hydrogens is 358 g/mol. The van der Waals surface area contributed by atoms with Crippen molar-refractivity contribution in [2.75, 3.05) is 26.1 Å². The van der Waals surface area contributed by atoms with Gasteiger partial charge in [0.15, 0.2) is 0 Å². The van der Waals surface area contributed by atoms with Crippen LogP contribution in [-0.2, 0) is 14.3 Å². The number of hydrogen-bond donors (Lipinski definition) is 1. The molecule has 1 N–H and O–H groups in total. The zero-order valence-corrected chi connectivity index (χ0v) is 18.3. The molecule has 0 aliphatic rings. The van der Waals surface area contributed by atoms with Crippen LogP contribution in [0.4, 0.5) is 5.69 Å². The summed E-state index contributed by atoms with van der Waals surface area (Å²) in [5, 5.41) is 2.92. The van der Waals surface area contributed by atoms with E-state index in [4.69, 9.17) is 14.2 Å². The monoisotopic (exact) mass is 393 g/mol. The summed E-state index contributed by atoms with van der Waals surface area (Å²) in [5.74, 6) is 0.300. The number of amides is 1. The molecule has 0 aromatic heterocycles. The van der Waals surface area contributed by atoms with Gasteiger partial charge < -0.3 is 19.5 Å². The lowest BCUT2D eigenvalue weighted by Crippen LogP contribution is -2.47. The van der Waals surface area contributed by atoms with Gasteiger partial charge in [0.1, 0.15) is 16.9 Å². The van der Waals surface area contributed by atoms with Crippen LogP contribution in [0.5, 0.6) is 5.75 Å². The average molecular weight is 394 g/mol. The lowest BCUT2D eigenvalue weighted by atomic mass is 9.84. The highest BCUT2D eigenvalue weighted by molar-refractivity contribution is 5.99. The molecule has 0 bridgehead atoms. The van der Waals surface area contributed by atoms with Gasteiger partial charge in [-0.3, -0.25) is 4.79 Å². The Morgan fingerprint density at radius 1 is 1.07 bits per heavy atom. The zero-order valence-electron chi connectivity index (χ0n) is 18.3. The van der Waals surface area contributed by atoms with E-state index < -0.39 is 11.6 Å². The zero-order chi connectivity index (χ0) is 21.3. The van der Waals surface area contributed by atoms with E-state index in [1.54, 1.807) is 25.3 Å². The van der Waals surface area contributed by atoms with Crippen molar-refractivity contribution in [3.05, 3.63) is 23.8 Å². The van der Waals surface area contributed by atoms with Gasteiger partial charge in [0.25, 0.3) is 5.91 Å². The summed E-state index contributed by atoms with van der Waals surface area (Å²) in [6.07, 6.45) is 2.03. The minimum absolute atomic E-state index is 0.213. The van der Waals surface area contributed by atoms with E-state index in [0.717, 1.165) is 6.42 Å². The molecule has 1 aromatic carbocycles. The molecule has 0 unspecified atom stereocenters. The maximum atomic E-state index is 13.2. The predicted octanol–water partition coefficient (Wildman–Crippen LogP) is 4.68. The summed E-state index contributed by atoms with van der Waals surface area (Å²) in [6.45, 7) is 10.7. The van der Waals surface area contributed by atoms with Crippen molar-refractivity contribution in [3.8, 4) is 5.75 Å². The van der Waals surface area contributed by atoms with Crippen LogP contribution in [0.25, 0.3) is 0 Å². The molecule has 1 rings (SSSR count). The fraction of sp³-hybridized carbons (Fsp3) is 0.636. The Balaban J connectivity index is 3.18. The van der Waals surface area contributed by atoms with Crippen molar-refractivity contribution in [2.24, 2.45) is 11.8 Å². The molecule has 158 valence electrons. The molecule has 1 aromatic rings. The van der Waals surface area contributed by atoms with Crippen molar-refractivity contribution in [1.29, 1.82) is 0 Å². The number of benzene rings is 1. The molecule has 0 fully saturated rings. The van der Waals surface area contributed by atoms with Crippen molar-refractivity contribution in [2.45, 2.75) is 59.5 Å². The number of hydrogen-bond acceptors (Lipinski definition) is 5. The van der Waals surface area contributed by atoms with Gasteiger partial charge in [-0.1, -0.05) is 34.6 Å². The van der Waals surface area contributed by atoms with E-state index in [-0.39, 0.29) is 11.5 Å². The van der Waals surface area contributed by atoms with Crippen LogP contribution in [0.15, 0.2) is 18.2 Å². The molecule has 28 heavy (non-hydrogen) atoms. The topological polar surface area (TPSA) is 73.9 Å². The van der Waals surface area contributed by atoms with Crippen LogP contribution >= 0.6 is 0 Å². The summed E-state index contributed by atoms with van der Waals surface area (Å²) in [7, 11) is 2.89. The number of anilines is 1. The number of methoxy groups -OCH3 is 2. The first-order valence-electron chi connectivity index (χ1n) is 9.90.